The minimum atomic E-state index is -0.866. The van der Waals surface area contributed by atoms with Crippen LogP contribution in [0.1, 0.15) is 24.8 Å². The molecule has 3 heteroatoms. The fourth-order valence-electron chi connectivity index (χ4n) is 1.67. The van der Waals surface area contributed by atoms with Crippen LogP contribution < -0.4 is 5.73 Å². The molecule has 1 fully saturated rings. The monoisotopic (exact) mass is 223 g/mol. The summed E-state index contributed by atoms with van der Waals surface area (Å²) in [6.07, 6.45) is 3.75. The van der Waals surface area contributed by atoms with Crippen LogP contribution in [0, 0.1) is 12.8 Å². The zero-order chi connectivity index (χ0) is 10.8. The van der Waals surface area contributed by atoms with Gasteiger partial charge in [-0.2, -0.15) is 0 Å². The Bertz CT molecular complexity index is 385. The first kappa shape index (κ1) is 10.7. The summed E-state index contributed by atoms with van der Waals surface area (Å²) in [4.78, 5) is 0.913. The SMILES string of the molecule is Cc1c(N)cccc1S(=O)CCC1CC1. The Kier molecular flexibility index (Phi) is 3.10. The van der Waals surface area contributed by atoms with Crippen molar-refractivity contribution in [2.24, 2.45) is 5.92 Å². The lowest BCUT2D eigenvalue weighted by Gasteiger charge is -2.07. The predicted molar refractivity (Wildman–Crippen MR) is 64.2 cm³/mol. The van der Waals surface area contributed by atoms with Gasteiger partial charge in [-0.25, -0.2) is 0 Å². The van der Waals surface area contributed by atoms with Gasteiger partial charge in [0.1, 0.15) is 0 Å². The Hall–Kier alpha value is -0.830. The summed E-state index contributed by atoms with van der Waals surface area (Å²) < 4.78 is 12.0. The largest absolute Gasteiger partial charge is 0.398 e. The molecule has 2 nitrogen and oxygen atoms in total. The van der Waals surface area contributed by atoms with Crippen LogP contribution in [0.25, 0.3) is 0 Å². The van der Waals surface area contributed by atoms with Crippen molar-refractivity contribution in [1.82, 2.24) is 0 Å². The van der Waals surface area contributed by atoms with Gasteiger partial charge in [0, 0.05) is 16.3 Å². The predicted octanol–water partition coefficient (Wildman–Crippen LogP) is 2.48. The molecule has 0 aliphatic heterocycles. The van der Waals surface area contributed by atoms with Crippen LogP contribution in [0.3, 0.4) is 0 Å². The Labute approximate surface area is 93.3 Å². The van der Waals surface area contributed by atoms with Crippen LogP contribution in [0.2, 0.25) is 0 Å². The van der Waals surface area contributed by atoms with Crippen molar-refractivity contribution in [3.05, 3.63) is 23.8 Å². The van der Waals surface area contributed by atoms with E-state index in [-0.39, 0.29) is 0 Å². The molecule has 0 saturated heterocycles. The molecule has 0 aromatic heterocycles. The van der Waals surface area contributed by atoms with Gasteiger partial charge in [0.15, 0.2) is 0 Å². The highest BCUT2D eigenvalue weighted by Crippen LogP contribution is 2.33. The van der Waals surface area contributed by atoms with Gasteiger partial charge in [0.2, 0.25) is 0 Å². The first-order chi connectivity index (χ1) is 7.18. The van der Waals surface area contributed by atoms with Crippen LogP contribution in [0.15, 0.2) is 23.1 Å². The Balaban J connectivity index is 2.06. The molecule has 1 aromatic rings. The van der Waals surface area contributed by atoms with Crippen LogP contribution in [-0.4, -0.2) is 9.96 Å². The number of benzene rings is 1. The van der Waals surface area contributed by atoms with Crippen molar-refractivity contribution in [2.45, 2.75) is 31.1 Å². The third kappa shape index (κ3) is 2.59. The molecule has 0 bridgehead atoms. The van der Waals surface area contributed by atoms with Crippen molar-refractivity contribution >= 4 is 16.5 Å². The molecule has 1 aliphatic rings. The molecular weight excluding hydrogens is 206 g/mol. The van der Waals surface area contributed by atoms with Crippen molar-refractivity contribution in [3.8, 4) is 0 Å². The minimum Gasteiger partial charge on any atom is -0.398 e. The first-order valence-corrected chi connectivity index (χ1v) is 6.74. The summed E-state index contributed by atoms with van der Waals surface area (Å²) in [6.45, 7) is 1.94. The van der Waals surface area contributed by atoms with Crippen LogP contribution in [0.5, 0.6) is 0 Å². The number of nitrogens with two attached hydrogens (primary N) is 1. The maximum atomic E-state index is 12.0. The molecule has 0 radical (unpaired) electrons. The standard InChI is InChI=1S/C12H17NOS/c1-9-11(13)3-2-4-12(9)15(14)8-7-10-5-6-10/h2-4,10H,5-8,13H2,1H3. The second-order valence-electron chi connectivity index (χ2n) is 4.25. The number of hydrogen-bond donors (Lipinski definition) is 1. The number of hydrogen-bond acceptors (Lipinski definition) is 2. The maximum Gasteiger partial charge on any atom is 0.0533 e. The van der Waals surface area contributed by atoms with Gasteiger partial charge in [-0.3, -0.25) is 4.21 Å². The molecule has 0 spiro atoms. The van der Waals surface area contributed by atoms with Gasteiger partial charge < -0.3 is 5.73 Å². The molecule has 15 heavy (non-hydrogen) atoms. The molecule has 1 atom stereocenters. The quantitative estimate of drug-likeness (QED) is 0.797. The lowest BCUT2D eigenvalue weighted by Crippen LogP contribution is -2.03. The summed E-state index contributed by atoms with van der Waals surface area (Å²) in [5.41, 5.74) is 7.51. The fourth-order valence-corrected chi connectivity index (χ4v) is 3.13. The van der Waals surface area contributed by atoms with E-state index in [4.69, 9.17) is 5.73 Å². The molecule has 82 valence electrons. The van der Waals surface area contributed by atoms with E-state index in [9.17, 15) is 4.21 Å². The molecule has 1 unspecified atom stereocenters. The molecule has 2 rings (SSSR count). The lowest BCUT2D eigenvalue weighted by molar-refractivity contribution is 0.676. The third-order valence-corrected chi connectivity index (χ3v) is 4.52. The van der Waals surface area contributed by atoms with E-state index in [0.29, 0.717) is 0 Å². The van der Waals surface area contributed by atoms with Gasteiger partial charge in [0.25, 0.3) is 0 Å². The second kappa shape index (κ2) is 4.35. The Morgan fingerprint density at radius 2 is 2.20 bits per heavy atom. The van der Waals surface area contributed by atoms with Crippen LogP contribution in [0.4, 0.5) is 5.69 Å². The van der Waals surface area contributed by atoms with E-state index in [1.165, 1.54) is 12.8 Å². The van der Waals surface area contributed by atoms with Gasteiger partial charge in [-0.15, -0.1) is 0 Å². The highest BCUT2D eigenvalue weighted by Gasteiger charge is 2.22. The minimum absolute atomic E-state index is 0.743. The van der Waals surface area contributed by atoms with Gasteiger partial charge in [-0.1, -0.05) is 18.9 Å². The molecule has 0 amide bonds. The fraction of sp³-hybridized carbons (Fsp3) is 0.500. The number of rotatable bonds is 4. The summed E-state index contributed by atoms with van der Waals surface area (Å²) in [6, 6.07) is 5.66. The molecular formula is C12H17NOS. The summed E-state index contributed by atoms with van der Waals surface area (Å²) in [7, 11) is -0.866. The van der Waals surface area contributed by atoms with Crippen molar-refractivity contribution in [3.63, 3.8) is 0 Å². The molecule has 1 aromatic carbocycles. The Morgan fingerprint density at radius 3 is 2.87 bits per heavy atom. The maximum absolute atomic E-state index is 12.0. The second-order valence-corrected chi connectivity index (χ2v) is 5.79. The summed E-state index contributed by atoms with van der Waals surface area (Å²) in [5.74, 6) is 1.63. The van der Waals surface area contributed by atoms with Crippen LogP contribution in [-0.2, 0) is 10.8 Å². The average Bonchev–Trinajstić information content (AvgIpc) is 3.02. The highest BCUT2D eigenvalue weighted by atomic mass is 32.2. The van der Waals surface area contributed by atoms with E-state index in [1.807, 2.05) is 25.1 Å². The molecule has 2 N–H and O–H groups in total. The molecule has 1 saturated carbocycles. The zero-order valence-electron chi connectivity index (χ0n) is 9.03. The van der Waals surface area contributed by atoms with Crippen molar-refractivity contribution in [2.75, 3.05) is 11.5 Å². The van der Waals surface area contributed by atoms with Crippen molar-refractivity contribution < 1.29 is 4.21 Å². The summed E-state index contributed by atoms with van der Waals surface area (Å²) >= 11 is 0. The van der Waals surface area contributed by atoms with Gasteiger partial charge in [-0.05, 0) is 37.0 Å². The zero-order valence-corrected chi connectivity index (χ0v) is 9.85. The normalized spacial score (nSPS) is 17.7. The number of nitrogen functional groups attached to an aromatic ring is 1. The first-order valence-electron chi connectivity index (χ1n) is 5.42. The smallest absolute Gasteiger partial charge is 0.0533 e. The van der Waals surface area contributed by atoms with Gasteiger partial charge in [0.05, 0.1) is 10.8 Å². The van der Waals surface area contributed by atoms with E-state index in [0.717, 1.165) is 34.2 Å². The Morgan fingerprint density at radius 1 is 1.47 bits per heavy atom. The van der Waals surface area contributed by atoms with E-state index < -0.39 is 10.8 Å². The van der Waals surface area contributed by atoms with Crippen LogP contribution >= 0.6 is 0 Å². The number of anilines is 1. The summed E-state index contributed by atoms with van der Waals surface area (Å²) in [5, 5.41) is 0. The molecule has 1 aliphatic carbocycles. The third-order valence-electron chi connectivity index (χ3n) is 2.98. The average molecular weight is 223 g/mol. The van der Waals surface area contributed by atoms with Crippen molar-refractivity contribution in [1.29, 1.82) is 0 Å². The lowest BCUT2D eigenvalue weighted by atomic mass is 10.2. The highest BCUT2D eigenvalue weighted by molar-refractivity contribution is 7.85. The van der Waals surface area contributed by atoms with E-state index in [1.54, 1.807) is 0 Å². The van der Waals surface area contributed by atoms with E-state index in [2.05, 4.69) is 0 Å². The van der Waals surface area contributed by atoms with Gasteiger partial charge >= 0.3 is 0 Å². The van der Waals surface area contributed by atoms with E-state index >= 15 is 0 Å². The topological polar surface area (TPSA) is 43.1 Å². The molecule has 0 heterocycles.